The predicted molar refractivity (Wildman–Crippen MR) is 107 cm³/mol. The van der Waals surface area contributed by atoms with E-state index in [1.165, 1.54) is 19.3 Å². The molecule has 1 aromatic rings. The molecule has 2 amide bonds. The van der Waals surface area contributed by atoms with E-state index in [2.05, 4.69) is 11.4 Å². The molecule has 1 aliphatic heterocycles. The third-order valence-electron chi connectivity index (χ3n) is 5.78. The Morgan fingerprint density at radius 2 is 1.77 bits per heavy atom. The molecule has 0 unspecified atom stereocenters. The summed E-state index contributed by atoms with van der Waals surface area (Å²) in [5, 5.41) is 3.24. The molecule has 1 saturated heterocycles. The van der Waals surface area contributed by atoms with Crippen molar-refractivity contribution in [2.24, 2.45) is 5.92 Å². The zero-order valence-corrected chi connectivity index (χ0v) is 16.7. The molecule has 5 heteroatoms. The van der Waals surface area contributed by atoms with Gasteiger partial charge in [0.15, 0.2) is 0 Å². The molecule has 0 atom stereocenters. The summed E-state index contributed by atoms with van der Waals surface area (Å²) in [7, 11) is 0. The maximum atomic E-state index is 12.9. The van der Waals surface area contributed by atoms with Crippen LogP contribution < -0.4 is 5.32 Å². The molecule has 1 N–H and O–H groups in total. The highest BCUT2D eigenvalue weighted by Crippen LogP contribution is 2.25. The fraction of sp³-hybridized carbons (Fsp3) is 0.619. The maximum Gasteiger partial charge on any atom is 0.254 e. The number of nitrogens with zero attached hydrogens (tertiary/aromatic N) is 1. The van der Waals surface area contributed by atoms with Crippen LogP contribution in [0.4, 0.5) is 0 Å². The van der Waals surface area contributed by atoms with Gasteiger partial charge < -0.3 is 10.2 Å². The summed E-state index contributed by atoms with van der Waals surface area (Å²) in [5.74, 6) is 0.564. The quantitative estimate of drug-likeness (QED) is 0.810. The minimum absolute atomic E-state index is 0.121. The number of benzene rings is 1. The summed E-state index contributed by atoms with van der Waals surface area (Å²) < 4.78 is 0. The Morgan fingerprint density at radius 1 is 1.08 bits per heavy atom. The van der Waals surface area contributed by atoms with Crippen LogP contribution in [0.25, 0.3) is 0 Å². The van der Waals surface area contributed by atoms with Crippen molar-refractivity contribution in [3.05, 3.63) is 29.3 Å². The van der Waals surface area contributed by atoms with Crippen LogP contribution in [0.1, 0.15) is 60.9 Å². The second kappa shape index (κ2) is 8.94. The van der Waals surface area contributed by atoms with Crippen molar-refractivity contribution in [3.63, 3.8) is 0 Å². The number of piperidine rings is 1. The number of hydrogen-bond donors (Lipinski definition) is 1. The molecule has 0 aromatic heterocycles. The van der Waals surface area contributed by atoms with Crippen molar-refractivity contribution in [3.8, 4) is 0 Å². The van der Waals surface area contributed by atoms with Crippen molar-refractivity contribution in [2.45, 2.75) is 62.8 Å². The highest BCUT2D eigenvalue weighted by atomic mass is 32.2. The van der Waals surface area contributed by atoms with E-state index < -0.39 is 0 Å². The smallest absolute Gasteiger partial charge is 0.254 e. The Hall–Kier alpha value is -1.49. The van der Waals surface area contributed by atoms with Crippen molar-refractivity contribution in [2.75, 3.05) is 19.3 Å². The standard InChI is InChI=1S/C21H30N2O2S/c1-15-8-9-18(26-2)14-19(15)21(25)23-12-10-17(11-13-23)22-20(24)16-6-4-3-5-7-16/h8-9,14,16-17H,3-7,10-13H2,1-2H3,(H,22,24). The summed E-state index contributed by atoms with van der Waals surface area (Å²) in [6.07, 6.45) is 9.43. The maximum absolute atomic E-state index is 12.9. The molecular weight excluding hydrogens is 344 g/mol. The monoisotopic (exact) mass is 374 g/mol. The number of carbonyl (C=O) groups excluding carboxylic acids is 2. The first-order valence-corrected chi connectivity index (χ1v) is 11.0. The summed E-state index contributed by atoms with van der Waals surface area (Å²) in [6.45, 7) is 3.43. The highest BCUT2D eigenvalue weighted by Gasteiger charge is 2.28. The third-order valence-corrected chi connectivity index (χ3v) is 6.51. The van der Waals surface area contributed by atoms with Gasteiger partial charge in [-0.05, 0) is 56.6 Å². The van der Waals surface area contributed by atoms with Gasteiger partial charge in [-0.1, -0.05) is 25.3 Å². The van der Waals surface area contributed by atoms with Gasteiger partial charge in [0.2, 0.25) is 5.91 Å². The SMILES string of the molecule is CSc1ccc(C)c(C(=O)N2CCC(NC(=O)C3CCCCC3)CC2)c1. The van der Waals surface area contributed by atoms with Gasteiger partial charge in [-0.3, -0.25) is 9.59 Å². The number of carbonyl (C=O) groups is 2. The van der Waals surface area contributed by atoms with E-state index in [1.54, 1.807) is 11.8 Å². The van der Waals surface area contributed by atoms with E-state index in [9.17, 15) is 9.59 Å². The Kier molecular flexibility index (Phi) is 6.63. The number of amides is 2. The Labute approximate surface area is 161 Å². The number of nitrogens with one attached hydrogen (secondary N) is 1. The minimum atomic E-state index is 0.121. The lowest BCUT2D eigenvalue weighted by molar-refractivity contribution is -0.126. The molecule has 1 saturated carbocycles. The molecule has 0 bridgehead atoms. The first-order chi connectivity index (χ1) is 12.6. The molecular formula is C21H30N2O2S. The summed E-state index contributed by atoms with van der Waals surface area (Å²) in [4.78, 5) is 28.4. The van der Waals surface area contributed by atoms with E-state index in [1.807, 2.05) is 30.2 Å². The topological polar surface area (TPSA) is 49.4 Å². The van der Waals surface area contributed by atoms with E-state index >= 15 is 0 Å². The lowest BCUT2D eigenvalue weighted by atomic mass is 9.88. The fourth-order valence-corrected chi connectivity index (χ4v) is 4.48. The van der Waals surface area contributed by atoms with Crippen molar-refractivity contribution in [1.82, 2.24) is 10.2 Å². The van der Waals surface area contributed by atoms with Crippen molar-refractivity contribution in [1.29, 1.82) is 0 Å². The largest absolute Gasteiger partial charge is 0.353 e. The zero-order chi connectivity index (χ0) is 18.5. The second-order valence-corrected chi connectivity index (χ2v) is 8.47. The van der Waals surface area contributed by atoms with Crippen LogP contribution in [0.2, 0.25) is 0 Å². The van der Waals surface area contributed by atoms with Crippen LogP contribution in [-0.4, -0.2) is 42.1 Å². The summed E-state index contributed by atoms with van der Waals surface area (Å²) >= 11 is 1.66. The van der Waals surface area contributed by atoms with E-state index in [-0.39, 0.29) is 23.8 Å². The molecule has 3 rings (SSSR count). The number of likely N-dealkylation sites (tertiary alicyclic amines) is 1. The van der Waals surface area contributed by atoms with Crippen LogP contribution in [0.3, 0.4) is 0 Å². The molecule has 26 heavy (non-hydrogen) atoms. The van der Waals surface area contributed by atoms with E-state index in [0.717, 1.165) is 54.8 Å². The molecule has 0 spiro atoms. The Morgan fingerprint density at radius 3 is 2.42 bits per heavy atom. The van der Waals surface area contributed by atoms with Crippen LogP contribution in [0.15, 0.2) is 23.1 Å². The molecule has 142 valence electrons. The van der Waals surface area contributed by atoms with Gasteiger partial charge in [0, 0.05) is 35.5 Å². The third kappa shape index (κ3) is 4.61. The highest BCUT2D eigenvalue weighted by molar-refractivity contribution is 7.98. The first kappa shape index (κ1) is 19.3. The molecule has 2 aliphatic rings. The normalized spacial score (nSPS) is 19.4. The van der Waals surface area contributed by atoms with Gasteiger partial charge in [0.05, 0.1) is 0 Å². The molecule has 1 heterocycles. The number of aryl methyl sites for hydroxylation is 1. The van der Waals surface area contributed by atoms with Gasteiger partial charge in [-0.15, -0.1) is 11.8 Å². The van der Waals surface area contributed by atoms with Crippen LogP contribution in [0, 0.1) is 12.8 Å². The Balaban J connectivity index is 1.53. The van der Waals surface area contributed by atoms with E-state index in [4.69, 9.17) is 0 Å². The number of thioether (sulfide) groups is 1. The van der Waals surface area contributed by atoms with Crippen LogP contribution in [-0.2, 0) is 4.79 Å². The van der Waals surface area contributed by atoms with Crippen LogP contribution >= 0.6 is 11.8 Å². The zero-order valence-electron chi connectivity index (χ0n) is 15.9. The average Bonchev–Trinajstić information content (AvgIpc) is 2.69. The number of rotatable bonds is 4. The van der Waals surface area contributed by atoms with Gasteiger partial charge in [-0.2, -0.15) is 0 Å². The second-order valence-electron chi connectivity index (χ2n) is 7.59. The molecule has 2 fully saturated rings. The predicted octanol–water partition coefficient (Wildman–Crippen LogP) is 4.02. The Bertz CT molecular complexity index is 647. The molecule has 4 nitrogen and oxygen atoms in total. The van der Waals surface area contributed by atoms with Crippen molar-refractivity contribution < 1.29 is 9.59 Å². The summed E-state index contributed by atoms with van der Waals surface area (Å²) in [5.41, 5.74) is 1.84. The van der Waals surface area contributed by atoms with Gasteiger partial charge >= 0.3 is 0 Å². The molecule has 1 aliphatic carbocycles. The van der Waals surface area contributed by atoms with E-state index in [0.29, 0.717) is 0 Å². The average molecular weight is 375 g/mol. The lowest BCUT2D eigenvalue weighted by Crippen LogP contribution is -2.48. The minimum Gasteiger partial charge on any atom is -0.353 e. The molecule has 0 radical (unpaired) electrons. The number of hydrogen-bond acceptors (Lipinski definition) is 3. The summed E-state index contributed by atoms with van der Waals surface area (Å²) in [6, 6.07) is 6.30. The lowest BCUT2D eigenvalue weighted by Gasteiger charge is -2.34. The van der Waals surface area contributed by atoms with Crippen molar-refractivity contribution >= 4 is 23.6 Å². The molecule has 1 aromatic carbocycles. The first-order valence-electron chi connectivity index (χ1n) is 9.83. The van der Waals surface area contributed by atoms with Gasteiger partial charge in [0.25, 0.3) is 5.91 Å². The van der Waals surface area contributed by atoms with Gasteiger partial charge in [0.1, 0.15) is 0 Å². The van der Waals surface area contributed by atoms with Gasteiger partial charge in [-0.25, -0.2) is 0 Å². The fourth-order valence-electron chi connectivity index (χ4n) is 4.04. The van der Waals surface area contributed by atoms with Crippen LogP contribution in [0.5, 0.6) is 0 Å².